The third-order valence-corrected chi connectivity index (χ3v) is 5.48. The summed E-state index contributed by atoms with van der Waals surface area (Å²) in [6, 6.07) is 0.726. The third kappa shape index (κ3) is 2.75. The number of rotatable bonds is 5. The van der Waals surface area contributed by atoms with Crippen molar-refractivity contribution in [3.63, 3.8) is 0 Å². The Morgan fingerprint density at radius 1 is 1.06 bits per heavy atom. The maximum absolute atomic E-state index is 3.86. The third-order valence-electron chi connectivity index (χ3n) is 5.48. The number of hydrogen-bond acceptors (Lipinski definition) is 2. The molecule has 0 aromatic rings. The predicted octanol–water partition coefficient (Wildman–Crippen LogP) is 3.42. The lowest BCUT2D eigenvalue weighted by molar-refractivity contribution is 0.0313. The molecule has 0 radical (unpaired) electrons. The maximum Gasteiger partial charge on any atom is 0.0359 e. The fourth-order valence-electron chi connectivity index (χ4n) is 4.17. The fraction of sp³-hybridized carbons (Fsp3) is 1.00. The van der Waals surface area contributed by atoms with Gasteiger partial charge in [-0.2, -0.15) is 0 Å². The summed E-state index contributed by atoms with van der Waals surface area (Å²) < 4.78 is 0. The molecule has 2 fully saturated rings. The Hall–Kier alpha value is -0.0800. The molecule has 1 unspecified atom stereocenters. The van der Waals surface area contributed by atoms with Gasteiger partial charge in [-0.3, -0.25) is 0 Å². The lowest BCUT2D eigenvalue weighted by Gasteiger charge is -2.51. The average molecular weight is 252 g/mol. The van der Waals surface area contributed by atoms with Crippen LogP contribution in [0.15, 0.2) is 0 Å². The molecular weight excluding hydrogens is 220 g/mol. The van der Waals surface area contributed by atoms with Crippen molar-refractivity contribution in [2.24, 2.45) is 5.92 Å². The predicted molar refractivity (Wildman–Crippen MR) is 78.9 cm³/mol. The Morgan fingerprint density at radius 3 is 2.06 bits per heavy atom. The lowest BCUT2D eigenvalue weighted by atomic mass is 9.68. The topological polar surface area (TPSA) is 15.3 Å². The molecule has 0 bridgehead atoms. The second kappa shape index (κ2) is 6.38. The van der Waals surface area contributed by atoms with Crippen molar-refractivity contribution in [2.75, 3.05) is 20.6 Å². The van der Waals surface area contributed by atoms with Crippen LogP contribution in [-0.4, -0.2) is 37.1 Å². The van der Waals surface area contributed by atoms with E-state index in [1.165, 1.54) is 57.8 Å². The Kier molecular flexibility index (Phi) is 5.08. The van der Waals surface area contributed by atoms with Crippen LogP contribution in [0.5, 0.6) is 0 Å². The summed E-state index contributed by atoms with van der Waals surface area (Å²) in [5.74, 6) is 0.936. The van der Waals surface area contributed by atoms with Gasteiger partial charge in [0.05, 0.1) is 0 Å². The molecule has 1 atom stereocenters. The number of nitrogens with zero attached hydrogens (tertiary/aromatic N) is 1. The van der Waals surface area contributed by atoms with Crippen LogP contribution in [0.4, 0.5) is 0 Å². The molecule has 106 valence electrons. The van der Waals surface area contributed by atoms with Crippen LogP contribution in [0, 0.1) is 5.92 Å². The van der Waals surface area contributed by atoms with Crippen LogP contribution in [0.25, 0.3) is 0 Å². The van der Waals surface area contributed by atoms with Crippen molar-refractivity contribution in [1.29, 1.82) is 0 Å². The molecule has 2 rings (SSSR count). The van der Waals surface area contributed by atoms with Crippen molar-refractivity contribution in [3.05, 3.63) is 0 Å². The van der Waals surface area contributed by atoms with Crippen LogP contribution < -0.4 is 5.32 Å². The molecule has 2 aliphatic rings. The maximum atomic E-state index is 3.86. The Labute approximate surface area is 114 Å². The van der Waals surface area contributed by atoms with Gasteiger partial charge in [0.25, 0.3) is 0 Å². The smallest absolute Gasteiger partial charge is 0.0359 e. The molecule has 0 spiro atoms. The SMILES string of the molecule is CCNC(C1CCC1)C1(N(C)C)CCCCCC1. The van der Waals surface area contributed by atoms with E-state index in [-0.39, 0.29) is 0 Å². The van der Waals surface area contributed by atoms with Gasteiger partial charge in [0.2, 0.25) is 0 Å². The highest BCUT2D eigenvalue weighted by molar-refractivity contribution is 5.04. The molecule has 0 aromatic heterocycles. The number of hydrogen-bond donors (Lipinski definition) is 1. The lowest BCUT2D eigenvalue weighted by Crippen LogP contribution is -2.62. The summed E-state index contributed by atoms with van der Waals surface area (Å²) in [6.45, 7) is 3.39. The molecule has 2 saturated carbocycles. The van der Waals surface area contributed by atoms with Gasteiger partial charge in [0.15, 0.2) is 0 Å². The van der Waals surface area contributed by atoms with Crippen molar-refractivity contribution in [1.82, 2.24) is 10.2 Å². The molecule has 0 heterocycles. The van der Waals surface area contributed by atoms with E-state index in [1.807, 2.05) is 0 Å². The van der Waals surface area contributed by atoms with Gasteiger partial charge in [-0.25, -0.2) is 0 Å². The van der Waals surface area contributed by atoms with Gasteiger partial charge >= 0.3 is 0 Å². The molecule has 2 nitrogen and oxygen atoms in total. The monoisotopic (exact) mass is 252 g/mol. The minimum absolute atomic E-state index is 0.428. The molecule has 0 saturated heterocycles. The zero-order valence-corrected chi connectivity index (χ0v) is 12.7. The van der Waals surface area contributed by atoms with Crippen molar-refractivity contribution in [3.8, 4) is 0 Å². The quantitative estimate of drug-likeness (QED) is 0.754. The van der Waals surface area contributed by atoms with Crippen molar-refractivity contribution >= 4 is 0 Å². The molecule has 0 amide bonds. The first-order valence-corrected chi connectivity index (χ1v) is 8.11. The van der Waals surface area contributed by atoms with Gasteiger partial charge in [-0.1, -0.05) is 39.0 Å². The standard InChI is InChI=1S/C16H32N2/c1-4-17-15(14-10-9-11-14)16(18(2)3)12-7-5-6-8-13-16/h14-15,17H,4-13H2,1-3H3. The van der Waals surface area contributed by atoms with Crippen molar-refractivity contribution in [2.45, 2.75) is 76.3 Å². The van der Waals surface area contributed by atoms with E-state index >= 15 is 0 Å². The van der Waals surface area contributed by atoms with Gasteiger partial charge in [-0.05, 0) is 52.2 Å². The minimum atomic E-state index is 0.428. The van der Waals surface area contributed by atoms with Gasteiger partial charge < -0.3 is 10.2 Å². The average Bonchev–Trinajstić information content (AvgIpc) is 2.52. The minimum Gasteiger partial charge on any atom is -0.312 e. The highest BCUT2D eigenvalue weighted by Crippen LogP contribution is 2.42. The molecule has 0 aliphatic heterocycles. The zero-order chi connectivity index (χ0) is 13.0. The Balaban J connectivity index is 2.17. The molecule has 0 aromatic carbocycles. The largest absolute Gasteiger partial charge is 0.312 e. The zero-order valence-electron chi connectivity index (χ0n) is 12.7. The van der Waals surface area contributed by atoms with Crippen LogP contribution in [-0.2, 0) is 0 Å². The van der Waals surface area contributed by atoms with E-state index in [1.54, 1.807) is 0 Å². The Bertz CT molecular complexity index is 237. The summed E-state index contributed by atoms with van der Waals surface area (Å²) >= 11 is 0. The second-order valence-electron chi connectivity index (χ2n) is 6.64. The van der Waals surface area contributed by atoms with Crippen LogP contribution in [0.3, 0.4) is 0 Å². The Morgan fingerprint density at radius 2 is 1.67 bits per heavy atom. The van der Waals surface area contributed by atoms with Gasteiger partial charge in [0.1, 0.15) is 0 Å². The van der Waals surface area contributed by atoms with Crippen LogP contribution >= 0.6 is 0 Å². The van der Waals surface area contributed by atoms with E-state index in [2.05, 4.69) is 31.2 Å². The van der Waals surface area contributed by atoms with E-state index < -0.39 is 0 Å². The number of likely N-dealkylation sites (N-methyl/N-ethyl adjacent to an activating group) is 2. The van der Waals surface area contributed by atoms with Crippen LogP contribution in [0.2, 0.25) is 0 Å². The summed E-state index contributed by atoms with van der Waals surface area (Å²) in [5.41, 5.74) is 0.428. The molecular formula is C16H32N2. The molecule has 1 N–H and O–H groups in total. The van der Waals surface area contributed by atoms with E-state index in [9.17, 15) is 0 Å². The summed E-state index contributed by atoms with van der Waals surface area (Å²) in [7, 11) is 4.63. The highest BCUT2D eigenvalue weighted by Gasteiger charge is 2.45. The molecule has 2 aliphatic carbocycles. The molecule has 18 heavy (non-hydrogen) atoms. The van der Waals surface area contributed by atoms with Crippen molar-refractivity contribution < 1.29 is 0 Å². The molecule has 2 heteroatoms. The number of nitrogens with one attached hydrogen (secondary N) is 1. The fourth-order valence-corrected chi connectivity index (χ4v) is 4.17. The highest BCUT2D eigenvalue weighted by atomic mass is 15.2. The van der Waals surface area contributed by atoms with E-state index in [0.717, 1.165) is 18.5 Å². The summed E-state index contributed by atoms with van der Waals surface area (Å²) in [6.07, 6.45) is 12.9. The first-order chi connectivity index (χ1) is 8.70. The summed E-state index contributed by atoms with van der Waals surface area (Å²) in [5, 5.41) is 3.86. The van der Waals surface area contributed by atoms with E-state index in [4.69, 9.17) is 0 Å². The first kappa shape index (κ1) is 14.3. The van der Waals surface area contributed by atoms with Gasteiger partial charge in [0, 0.05) is 11.6 Å². The second-order valence-corrected chi connectivity index (χ2v) is 6.64. The van der Waals surface area contributed by atoms with Gasteiger partial charge in [-0.15, -0.1) is 0 Å². The van der Waals surface area contributed by atoms with E-state index in [0.29, 0.717) is 5.54 Å². The normalized spacial score (nSPS) is 26.7. The first-order valence-electron chi connectivity index (χ1n) is 8.11. The summed E-state index contributed by atoms with van der Waals surface area (Å²) in [4.78, 5) is 2.56. The van der Waals surface area contributed by atoms with Crippen LogP contribution in [0.1, 0.15) is 64.7 Å².